The van der Waals surface area contributed by atoms with Crippen molar-refractivity contribution in [3.05, 3.63) is 29.3 Å². The van der Waals surface area contributed by atoms with Crippen LogP contribution in [0.3, 0.4) is 0 Å². The molecule has 0 atom stereocenters. The molecule has 0 spiro atoms. The number of hydrogen-bond donors (Lipinski definition) is 3. The van der Waals surface area contributed by atoms with E-state index in [0.717, 1.165) is 0 Å². The Morgan fingerprint density at radius 1 is 1.30 bits per heavy atom. The number of rotatable bonds is 2. The van der Waals surface area contributed by atoms with Crippen LogP contribution in [0.25, 0.3) is 0 Å². The first-order valence-corrected chi connectivity index (χ1v) is 6.56. The van der Waals surface area contributed by atoms with Crippen molar-refractivity contribution in [3.8, 4) is 0 Å². The van der Waals surface area contributed by atoms with Crippen LogP contribution in [0.1, 0.15) is 28.8 Å². The molecule has 1 aromatic carbocycles. The highest BCUT2D eigenvalue weighted by Gasteiger charge is 2.22. The van der Waals surface area contributed by atoms with E-state index >= 15 is 0 Å². The second-order valence-electron chi connectivity index (χ2n) is 4.93. The number of carboxylic acids is 1. The summed E-state index contributed by atoms with van der Waals surface area (Å²) in [6, 6.07) is 4.53. The lowest BCUT2D eigenvalue weighted by Crippen LogP contribution is -2.42. The number of aliphatic hydroxyl groups excluding tert-OH is 1. The minimum Gasteiger partial charge on any atom is -0.478 e. The molecule has 2 rings (SSSR count). The number of urea groups is 1. The molecule has 20 heavy (non-hydrogen) atoms. The summed E-state index contributed by atoms with van der Waals surface area (Å²) in [5.41, 5.74) is 1.21. The fourth-order valence-corrected chi connectivity index (χ4v) is 2.27. The molecule has 1 heterocycles. The van der Waals surface area contributed by atoms with Crippen LogP contribution in [0.2, 0.25) is 0 Å². The van der Waals surface area contributed by atoms with Gasteiger partial charge in [-0.1, -0.05) is 6.07 Å². The summed E-state index contributed by atoms with van der Waals surface area (Å²) < 4.78 is 0. The lowest BCUT2D eigenvalue weighted by Gasteiger charge is -2.29. The van der Waals surface area contributed by atoms with E-state index in [0.29, 0.717) is 37.2 Å². The molecular formula is C14H18N2O4. The highest BCUT2D eigenvalue weighted by atomic mass is 16.4. The third kappa shape index (κ3) is 3.08. The molecule has 1 saturated heterocycles. The Balaban J connectivity index is 2.08. The normalized spacial score (nSPS) is 16.0. The maximum Gasteiger partial charge on any atom is 0.336 e. The van der Waals surface area contributed by atoms with Crippen LogP contribution < -0.4 is 5.32 Å². The number of carbonyl (C=O) groups excluding carboxylic acids is 1. The molecule has 1 aromatic rings. The van der Waals surface area contributed by atoms with Crippen molar-refractivity contribution in [2.75, 3.05) is 18.4 Å². The predicted molar refractivity (Wildman–Crippen MR) is 74.0 cm³/mol. The zero-order valence-corrected chi connectivity index (χ0v) is 11.3. The molecule has 6 nitrogen and oxygen atoms in total. The summed E-state index contributed by atoms with van der Waals surface area (Å²) in [6.07, 6.45) is 0.805. The van der Waals surface area contributed by atoms with Crippen LogP contribution in [0.15, 0.2) is 18.2 Å². The van der Waals surface area contributed by atoms with Crippen LogP contribution in [0.4, 0.5) is 10.5 Å². The minimum absolute atomic E-state index is 0.178. The molecule has 0 radical (unpaired) electrons. The lowest BCUT2D eigenvalue weighted by molar-refractivity contribution is 0.0696. The van der Waals surface area contributed by atoms with Crippen molar-refractivity contribution in [2.24, 2.45) is 0 Å². The van der Waals surface area contributed by atoms with Gasteiger partial charge in [-0.05, 0) is 37.5 Å². The van der Waals surface area contributed by atoms with Gasteiger partial charge >= 0.3 is 12.0 Å². The monoisotopic (exact) mass is 278 g/mol. The van der Waals surface area contributed by atoms with Gasteiger partial charge < -0.3 is 20.4 Å². The zero-order valence-electron chi connectivity index (χ0n) is 11.3. The molecular weight excluding hydrogens is 260 g/mol. The number of nitrogens with one attached hydrogen (secondary N) is 1. The number of benzene rings is 1. The topological polar surface area (TPSA) is 89.9 Å². The first-order chi connectivity index (χ1) is 9.49. The Morgan fingerprint density at radius 3 is 2.55 bits per heavy atom. The largest absolute Gasteiger partial charge is 0.478 e. The van der Waals surface area contributed by atoms with E-state index in [2.05, 4.69) is 5.32 Å². The standard InChI is InChI=1S/C14H18N2O4/c1-9-11(13(18)19)3-2-4-12(9)15-14(20)16-7-5-10(17)6-8-16/h2-4,10,17H,5-8H2,1H3,(H,15,20)(H,18,19). The first kappa shape index (κ1) is 14.3. The summed E-state index contributed by atoms with van der Waals surface area (Å²) in [4.78, 5) is 24.8. The van der Waals surface area contributed by atoms with Gasteiger partial charge in [-0.2, -0.15) is 0 Å². The number of piperidine rings is 1. The Morgan fingerprint density at radius 2 is 1.95 bits per heavy atom. The van der Waals surface area contributed by atoms with Crippen molar-refractivity contribution in [2.45, 2.75) is 25.9 Å². The van der Waals surface area contributed by atoms with Crippen LogP contribution in [0, 0.1) is 6.92 Å². The number of hydrogen-bond acceptors (Lipinski definition) is 3. The second-order valence-corrected chi connectivity index (χ2v) is 4.93. The maximum absolute atomic E-state index is 12.1. The van der Waals surface area contributed by atoms with Crippen LogP contribution >= 0.6 is 0 Å². The number of anilines is 1. The summed E-state index contributed by atoms with van der Waals surface area (Å²) in [5.74, 6) is -1.01. The quantitative estimate of drug-likeness (QED) is 0.767. The number of aliphatic hydroxyl groups is 1. The van der Waals surface area contributed by atoms with Crippen molar-refractivity contribution in [3.63, 3.8) is 0 Å². The molecule has 2 amide bonds. The van der Waals surface area contributed by atoms with E-state index in [1.807, 2.05) is 0 Å². The van der Waals surface area contributed by atoms with Crippen LogP contribution in [0.5, 0.6) is 0 Å². The van der Waals surface area contributed by atoms with Gasteiger partial charge in [0.2, 0.25) is 0 Å². The number of amides is 2. The van der Waals surface area contributed by atoms with Crippen LogP contribution in [-0.2, 0) is 0 Å². The Bertz CT molecular complexity index is 522. The third-order valence-corrected chi connectivity index (χ3v) is 3.56. The van der Waals surface area contributed by atoms with E-state index in [4.69, 9.17) is 5.11 Å². The lowest BCUT2D eigenvalue weighted by atomic mass is 10.1. The molecule has 0 unspecified atom stereocenters. The molecule has 0 aromatic heterocycles. The van der Waals surface area contributed by atoms with Crippen molar-refractivity contribution in [1.82, 2.24) is 4.90 Å². The number of aromatic carboxylic acids is 1. The number of likely N-dealkylation sites (tertiary alicyclic amines) is 1. The van der Waals surface area contributed by atoms with Gasteiger partial charge in [0, 0.05) is 18.8 Å². The second kappa shape index (κ2) is 5.92. The van der Waals surface area contributed by atoms with E-state index in [9.17, 15) is 14.7 Å². The molecule has 1 fully saturated rings. The van der Waals surface area contributed by atoms with E-state index in [1.54, 1.807) is 24.0 Å². The maximum atomic E-state index is 12.1. The molecule has 108 valence electrons. The average molecular weight is 278 g/mol. The van der Waals surface area contributed by atoms with Gasteiger partial charge in [0.1, 0.15) is 0 Å². The average Bonchev–Trinajstić information content (AvgIpc) is 2.41. The van der Waals surface area contributed by atoms with Crippen molar-refractivity contribution >= 4 is 17.7 Å². The Kier molecular flexibility index (Phi) is 4.24. The number of nitrogens with zero attached hydrogens (tertiary/aromatic N) is 1. The molecule has 0 saturated carbocycles. The highest BCUT2D eigenvalue weighted by molar-refractivity contribution is 5.95. The fourth-order valence-electron chi connectivity index (χ4n) is 2.27. The fraction of sp³-hybridized carbons (Fsp3) is 0.429. The molecule has 0 aliphatic carbocycles. The molecule has 0 bridgehead atoms. The van der Waals surface area contributed by atoms with Gasteiger partial charge in [0.05, 0.1) is 11.7 Å². The smallest absolute Gasteiger partial charge is 0.336 e. The molecule has 3 N–H and O–H groups in total. The number of carboxylic acid groups (broad SMARTS) is 1. The van der Waals surface area contributed by atoms with Gasteiger partial charge in [-0.15, -0.1) is 0 Å². The summed E-state index contributed by atoms with van der Waals surface area (Å²) in [5, 5.41) is 21.2. The molecule has 1 aliphatic heterocycles. The third-order valence-electron chi connectivity index (χ3n) is 3.56. The van der Waals surface area contributed by atoms with Gasteiger partial charge in [0.15, 0.2) is 0 Å². The van der Waals surface area contributed by atoms with E-state index in [-0.39, 0.29) is 17.7 Å². The number of carbonyl (C=O) groups is 2. The SMILES string of the molecule is Cc1c(NC(=O)N2CCC(O)CC2)cccc1C(=O)O. The Labute approximate surface area is 117 Å². The van der Waals surface area contributed by atoms with Crippen LogP contribution in [-0.4, -0.2) is 46.3 Å². The predicted octanol–water partition coefficient (Wildman–Crippen LogP) is 1.68. The van der Waals surface area contributed by atoms with Gasteiger partial charge in [0.25, 0.3) is 0 Å². The Hall–Kier alpha value is -2.08. The van der Waals surface area contributed by atoms with E-state index in [1.165, 1.54) is 6.07 Å². The van der Waals surface area contributed by atoms with Gasteiger partial charge in [-0.3, -0.25) is 0 Å². The summed E-state index contributed by atoms with van der Waals surface area (Å²) in [7, 11) is 0. The van der Waals surface area contributed by atoms with Crippen molar-refractivity contribution < 1.29 is 19.8 Å². The summed E-state index contributed by atoms with van der Waals surface area (Å²) >= 11 is 0. The van der Waals surface area contributed by atoms with E-state index < -0.39 is 5.97 Å². The molecule has 6 heteroatoms. The van der Waals surface area contributed by atoms with Crippen molar-refractivity contribution in [1.29, 1.82) is 0 Å². The zero-order chi connectivity index (χ0) is 14.7. The van der Waals surface area contributed by atoms with Gasteiger partial charge in [-0.25, -0.2) is 9.59 Å². The highest BCUT2D eigenvalue weighted by Crippen LogP contribution is 2.20. The first-order valence-electron chi connectivity index (χ1n) is 6.56. The summed E-state index contributed by atoms with van der Waals surface area (Å²) in [6.45, 7) is 2.67. The minimum atomic E-state index is -1.01. The molecule has 1 aliphatic rings.